The number of benzene rings is 2. The largest absolute Gasteiger partial charge is 0.339 e. The van der Waals surface area contributed by atoms with E-state index in [1.807, 2.05) is 35.2 Å². The van der Waals surface area contributed by atoms with Gasteiger partial charge in [0, 0.05) is 57.5 Å². The Morgan fingerprint density at radius 3 is 2.21 bits per heavy atom. The first-order valence-electron chi connectivity index (χ1n) is 12.0. The van der Waals surface area contributed by atoms with Crippen LogP contribution in [0, 0.1) is 6.92 Å². The first-order chi connectivity index (χ1) is 16.1. The Morgan fingerprint density at radius 2 is 1.52 bits per heavy atom. The van der Waals surface area contributed by atoms with Crippen molar-refractivity contribution in [2.75, 3.05) is 51.1 Å². The molecule has 0 aliphatic carbocycles. The third kappa shape index (κ3) is 6.79. The number of carbonyl (C=O) groups is 2. The van der Waals surface area contributed by atoms with Crippen LogP contribution < -0.4 is 10.6 Å². The first kappa shape index (κ1) is 23.3. The van der Waals surface area contributed by atoms with Crippen LogP contribution in [0.2, 0.25) is 0 Å². The van der Waals surface area contributed by atoms with E-state index in [9.17, 15) is 9.59 Å². The number of nitrogens with one attached hydrogen (secondary N) is 2. The molecule has 0 spiro atoms. The number of rotatable bonds is 6. The molecule has 33 heavy (non-hydrogen) atoms. The molecule has 0 bridgehead atoms. The highest BCUT2D eigenvalue weighted by molar-refractivity contribution is 5.89. The van der Waals surface area contributed by atoms with E-state index in [-0.39, 0.29) is 18.0 Å². The van der Waals surface area contributed by atoms with Gasteiger partial charge >= 0.3 is 6.03 Å². The van der Waals surface area contributed by atoms with Crippen molar-refractivity contribution in [3.05, 3.63) is 65.7 Å². The number of likely N-dealkylation sites (tertiary alicyclic amines) is 1. The van der Waals surface area contributed by atoms with Crippen LogP contribution in [0.4, 0.5) is 10.5 Å². The molecule has 2 aliphatic heterocycles. The van der Waals surface area contributed by atoms with E-state index in [4.69, 9.17) is 0 Å². The van der Waals surface area contributed by atoms with Crippen LogP contribution in [-0.2, 0) is 11.3 Å². The van der Waals surface area contributed by atoms with Crippen LogP contribution in [-0.4, -0.2) is 78.5 Å². The molecule has 2 aromatic carbocycles. The van der Waals surface area contributed by atoms with Gasteiger partial charge in [0.1, 0.15) is 0 Å². The highest BCUT2D eigenvalue weighted by Crippen LogP contribution is 2.14. The van der Waals surface area contributed by atoms with Crippen molar-refractivity contribution < 1.29 is 9.59 Å². The van der Waals surface area contributed by atoms with Crippen LogP contribution in [0.15, 0.2) is 54.6 Å². The van der Waals surface area contributed by atoms with E-state index in [1.54, 1.807) is 0 Å². The van der Waals surface area contributed by atoms with E-state index < -0.39 is 0 Å². The zero-order chi connectivity index (χ0) is 23.0. The van der Waals surface area contributed by atoms with E-state index >= 15 is 0 Å². The number of hydrogen-bond donors (Lipinski definition) is 2. The lowest BCUT2D eigenvalue weighted by molar-refractivity contribution is -0.134. The summed E-state index contributed by atoms with van der Waals surface area (Å²) in [6.07, 6.45) is 1.72. The van der Waals surface area contributed by atoms with Crippen molar-refractivity contribution in [2.24, 2.45) is 0 Å². The molecule has 0 saturated carbocycles. The summed E-state index contributed by atoms with van der Waals surface area (Å²) >= 11 is 0. The highest BCUT2D eigenvalue weighted by Gasteiger charge is 2.26. The Labute approximate surface area is 196 Å². The quantitative estimate of drug-likeness (QED) is 0.712. The Kier molecular flexibility index (Phi) is 7.96. The second kappa shape index (κ2) is 11.3. The molecule has 2 aliphatic rings. The summed E-state index contributed by atoms with van der Waals surface area (Å²) in [4.78, 5) is 31.7. The average Bonchev–Trinajstić information content (AvgIpc) is 2.83. The maximum atomic E-state index is 12.8. The Morgan fingerprint density at radius 1 is 0.848 bits per heavy atom. The topological polar surface area (TPSA) is 67.9 Å². The minimum Gasteiger partial charge on any atom is -0.339 e. The zero-order valence-corrected chi connectivity index (χ0v) is 19.5. The summed E-state index contributed by atoms with van der Waals surface area (Å²) in [5.41, 5.74) is 3.48. The zero-order valence-electron chi connectivity index (χ0n) is 19.5. The van der Waals surface area contributed by atoms with Crippen LogP contribution in [0.1, 0.15) is 24.0 Å². The van der Waals surface area contributed by atoms with Crippen LogP contribution in [0.25, 0.3) is 0 Å². The maximum absolute atomic E-state index is 12.8. The molecular weight excluding hydrogens is 414 g/mol. The van der Waals surface area contributed by atoms with E-state index in [0.29, 0.717) is 6.54 Å². The summed E-state index contributed by atoms with van der Waals surface area (Å²) in [6, 6.07) is 18.0. The molecule has 7 heteroatoms. The number of hydrogen-bond acceptors (Lipinski definition) is 4. The third-order valence-electron chi connectivity index (χ3n) is 6.69. The molecule has 176 valence electrons. The van der Waals surface area contributed by atoms with Gasteiger partial charge in [0.05, 0.1) is 6.54 Å². The van der Waals surface area contributed by atoms with Crippen molar-refractivity contribution in [2.45, 2.75) is 32.4 Å². The molecular formula is C26H35N5O2. The second-order valence-corrected chi connectivity index (χ2v) is 9.10. The smallest absolute Gasteiger partial charge is 0.319 e. The van der Waals surface area contributed by atoms with Gasteiger partial charge in [0.2, 0.25) is 5.91 Å². The van der Waals surface area contributed by atoms with Gasteiger partial charge in [-0.3, -0.25) is 14.6 Å². The molecule has 2 aromatic rings. The van der Waals surface area contributed by atoms with Gasteiger partial charge in [-0.1, -0.05) is 42.5 Å². The molecule has 4 rings (SSSR count). The number of piperazine rings is 1. The number of aryl methyl sites for hydroxylation is 1. The number of amides is 3. The minimum atomic E-state index is -0.167. The van der Waals surface area contributed by atoms with E-state index in [2.05, 4.69) is 51.6 Å². The highest BCUT2D eigenvalue weighted by atomic mass is 16.2. The van der Waals surface area contributed by atoms with E-state index in [1.165, 1.54) is 11.1 Å². The summed E-state index contributed by atoms with van der Waals surface area (Å²) < 4.78 is 0. The molecule has 2 fully saturated rings. The van der Waals surface area contributed by atoms with Crippen LogP contribution in [0.3, 0.4) is 0 Å². The van der Waals surface area contributed by atoms with Crippen molar-refractivity contribution >= 4 is 17.6 Å². The Bertz CT molecular complexity index is 919. The molecule has 2 heterocycles. The molecule has 0 radical (unpaired) electrons. The fourth-order valence-electron chi connectivity index (χ4n) is 4.58. The van der Waals surface area contributed by atoms with Gasteiger partial charge in [-0.15, -0.1) is 0 Å². The van der Waals surface area contributed by atoms with Gasteiger partial charge in [0.15, 0.2) is 0 Å². The molecule has 0 unspecified atom stereocenters. The molecule has 0 atom stereocenters. The molecule has 7 nitrogen and oxygen atoms in total. The standard InChI is InChI=1S/C26H35N5O2/c1-21-7-5-6-8-22(21)19-30-15-17-31(18-16-30)25(32)20-29-13-11-24(12-14-29)28-26(33)27-23-9-3-2-4-10-23/h2-10,24H,11-20H2,1H3,(H2,27,28,33). The van der Waals surface area contributed by atoms with Crippen LogP contribution >= 0.6 is 0 Å². The maximum Gasteiger partial charge on any atom is 0.319 e. The fourth-order valence-corrected chi connectivity index (χ4v) is 4.58. The number of anilines is 1. The fraction of sp³-hybridized carbons (Fsp3) is 0.462. The Balaban J connectivity index is 1.14. The van der Waals surface area contributed by atoms with Gasteiger partial charge in [-0.05, 0) is 43.0 Å². The predicted molar refractivity (Wildman–Crippen MR) is 131 cm³/mol. The lowest BCUT2D eigenvalue weighted by Crippen LogP contribution is -2.52. The lowest BCUT2D eigenvalue weighted by atomic mass is 10.1. The summed E-state index contributed by atoms with van der Waals surface area (Å²) in [7, 11) is 0. The number of nitrogens with zero attached hydrogens (tertiary/aromatic N) is 3. The number of urea groups is 1. The molecule has 2 saturated heterocycles. The molecule has 0 aromatic heterocycles. The van der Waals surface area contributed by atoms with Gasteiger partial charge < -0.3 is 15.5 Å². The van der Waals surface area contributed by atoms with Crippen molar-refractivity contribution in [1.82, 2.24) is 20.0 Å². The summed E-state index contributed by atoms with van der Waals surface area (Å²) in [5, 5.41) is 5.92. The van der Waals surface area contributed by atoms with Crippen molar-refractivity contribution in [3.63, 3.8) is 0 Å². The van der Waals surface area contributed by atoms with Gasteiger partial charge in [-0.2, -0.15) is 0 Å². The monoisotopic (exact) mass is 449 g/mol. The SMILES string of the molecule is Cc1ccccc1CN1CCN(C(=O)CN2CCC(NC(=O)Nc3ccccc3)CC2)CC1. The lowest BCUT2D eigenvalue weighted by Gasteiger charge is -2.37. The van der Waals surface area contributed by atoms with Crippen LogP contribution in [0.5, 0.6) is 0 Å². The Hall–Kier alpha value is -2.90. The average molecular weight is 450 g/mol. The molecule has 2 N–H and O–H groups in total. The summed E-state index contributed by atoms with van der Waals surface area (Å²) in [5.74, 6) is 0.221. The summed E-state index contributed by atoms with van der Waals surface area (Å²) in [6.45, 7) is 8.66. The van der Waals surface area contributed by atoms with Gasteiger partial charge in [0.25, 0.3) is 0 Å². The van der Waals surface area contributed by atoms with Crippen molar-refractivity contribution in [1.29, 1.82) is 0 Å². The number of carbonyl (C=O) groups excluding carboxylic acids is 2. The number of piperidine rings is 1. The normalized spacial score (nSPS) is 18.2. The second-order valence-electron chi connectivity index (χ2n) is 9.10. The predicted octanol–water partition coefficient (Wildman–Crippen LogP) is 2.93. The van der Waals surface area contributed by atoms with Crippen molar-refractivity contribution in [3.8, 4) is 0 Å². The van der Waals surface area contributed by atoms with Gasteiger partial charge in [-0.25, -0.2) is 4.79 Å². The number of para-hydroxylation sites is 1. The molecule has 3 amide bonds. The third-order valence-corrected chi connectivity index (χ3v) is 6.69. The minimum absolute atomic E-state index is 0.144. The van der Waals surface area contributed by atoms with E-state index in [0.717, 1.165) is 64.3 Å². The first-order valence-corrected chi connectivity index (χ1v) is 12.0.